The van der Waals surface area contributed by atoms with Crippen molar-refractivity contribution in [3.8, 4) is 22.8 Å². The van der Waals surface area contributed by atoms with E-state index in [1.165, 1.54) is 0 Å². The van der Waals surface area contributed by atoms with E-state index >= 15 is 0 Å². The third-order valence-corrected chi connectivity index (χ3v) is 5.45. The second-order valence-corrected chi connectivity index (χ2v) is 7.96. The zero-order chi connectivity index (χ0) is 26.5. The molecular weight excluding hydrogens is 488 g/mol. The normalized spacial score (nSPS) is 11.2. The average molecular weight is 508 g/mol. The molecule has 2 aromatic heterocycles. The molecule has 0 aliphatic rings. The first-order valence-corrected chi connectivity index (χ1v) is 11.3. The van der Waals surface area contributed by atoms with Crippen molar-refractivity contribution < 1.29 is 19.0 Å². The van der Waals surface area contributed by atoms with Gasteiger partial charge in [0.05, 0.1) is 11.3 Å². The van der Waals surface area contributed by atoms with Gasteiger partial charge in [0, 0.05) is 5.56 Å². The number of hydrazone groups is 1. The summed E-state index contributed by atoms with van der Waals surface area (Å²) in [6.45, 7) is 1.72. The lowest BCUT2D eigenvalue weighted by Crippen LogP contribution is -2.23. The van der Waals surface area contributed by atoms with Crippen LogP contribution in [0.5, 0.6) is 5.75 Å². The van der Waals surface area contributed by atoms with Crippen molar-refractivity contribution in [2.24, 2.45) is 5.10 Å². The fourth-order valence-corrected chi connectivity index (χ4v) is 3.52. The molecule has 1 amide bonds. The Labute approximate surface area is 215 Å². The number of carbonyl (C=O) groups is 2. The van der Waals surface area contributed by atoms with E-state index in [0.717, 1.165) is 4.68 Å². The predicted molar refractivity (Wildman–Crippen MR) is 137 cm³/mol. The standard InChI is InChI=1S/C26H20N8O4/c1-16(17-12-14-20(15-13-17)37-26(36)19-10-6-3-7-11-19)28-30-25(35)22-21(18-8-4-2-5-9-18)29-33-34(22)24-23(27)31-38-32-24/h2-15H,1H3,(H2,27,31)(H,30,35). The maximum atomic E-state index is 13.3. The molecule has 0 aliphatic carbocycles. The van der Waals surface area contributed by atoms with Crippen molar-refractivity contribution in [1.82, 2.24) is 30.7 Å². The molecule has 5 rings (SSSR count). The summed E-state index contributed by atoms with van der Waals surface area (Å²) >= 11 is 0. The molecule has 0 atom stereocenters. The van der Waals surface area contributed by atoms with Crippen LogP contribution in [-0.4, -0.2) is 42.9 Å². The van der Waals surface area contributed by atoms with Crippen LogP contribution < -0.4 is 15.9 Å². The van der Waals surface area contributed by atoms with Gasteiger partial charge < -0.3 is 10.5 Å². The zero-order valence-corrected chi connectivity index (χ0v) is 20.0. The van der Waals surface area contributed by atoms with Gasteiger partial charge in [-0.2, -0.15) is 9.78 Å². The Hall–Kier alpha value is -5.65. The maximum absolute atomic E-state index is 13.3. The largest absolute Gasteiger partial charge is 0.423 e. The second kappa shape index (κ2) is 10.5. The summed E-state index contributed by atoms with van der Waals surface area (Å²) in [6.07, 6.45) is 0. The van der Waals surface area contributed by atoms with Crippen molar-refractivity contribution in [1.29, 1.82) is 0 Å². The minimum atomic E-state index is -0.607. The third kappa shape index (κ3) is 4.99. The van der Waals surface area contributed by atoms with Crippen molar-refractivity contribution in [2.75, 3.05) is 5.73 Å². The lowest BCUT2D eigenvalue weighted by atomic mass is 10.1. The summed E-state index contributed by atoms with van der Waals surface area (Å²) in [5.41, 5.74) is 11.0. The number of carbonyl (C=O) groups excluding carboxylic acids is 2. The van der Waals surface area contributed by atoms with Crippen LogP contribution in [0, 0.1) is 0 Å². The number of esters is 1. The number of hydrogen-bond acceptors (Lipinski definition) is 10. The maximum Gasteiger partial charge on any atom is 0.343 e. The van der Waals surface area contributed by atoms with E-state index in [4.69, 9.17) is 10.5 Å². The van der Waals surface area contributed by atoms with E-state index in [-0.39, 0.29) is 17.3 Å². The molecule has 38 heavy (non-hydrogen) atoms. The van der Waals surface area contributed by atoms with Crippen molar-refractivity contribution in [2.45, 2.75) is 6.92 Å². The third-order valence-electron chi connectivity index (χ3n) is 5.45. The highest BCUT2D eigenvalue weighted by atomic mass is 16.6. The molecular formula is C26H20N8O4. The van der Waals surface area contributed by atoms with Gasteiger partial charge in [0.15, 0.2) is 5.69 Å². The van der Waals surface area contributed by atoms with Gasteiger partial charge in [-0.25, -0.2) is 14.8 Å². The number of ether oxygens (including phenoxy) is 1. The average Bonchev–Trinajstić information content (AvgIpc) is 3.59. The van der Waals surface area contributed by atoms with Crippen LogP contribution >= 0.6 is 0 Å². The van der Waals surface area contributed by atoms with Crippen LogP contribution in [0.25, 0.3) is 17.1 Å². The predicted octanol–water partition coefficient (Wildman–Crippen LogP) is 3.27. The molecule has 3 N–H and O–H groups in total. The number of nitrogens with zero attached hydrogens (tertiary/aromatic N) is 6. The minimum absolute atomic E-state index is 0.0196. The molecule has 188 valence electrons. The van der Waals surface area contributed by atoms with Gasteiger partial charge in [-0.15, -0.1) is 5.10 Å². The van der Waals surface area contributed by atoms with E-state index in [1.54, 1.807) is 67.6 Å². The lowest BCUT2D eigenvalue weighted by molar-refractivity contribution is 0.0734. The van der Waals surface area contributed by atoms with Crippen molar-refractivity contribution in [3.05, 3.63) is 102 Å². The van der Waals surface area contributed by atoms with E-state index in [9.17, 15) is 9.59 Å². The van der Waals surface area contributed by atoms with Gasteiger partial charge in [0.1, 0.15) is 11.4 Å². The molecule has 0 bridgehead atoms. The fourth-order valence-electron chi connectivity index (χ4n) is 3.52. The number of rotatable bonds is 7. The first kappa shape index (κ1) is 24.1. The summed E-state index contributed by atoms with van der Waals surface area (Å²) in [5, 5.41) is 19.7. The highest BCUT2D eigenvalue weighted by molar-refractivity contribution is 6.02. The number of amides is 1. The van der Waals surface area contributed by atoms with Gasteiger partial charge in [0.2, 0.25) is 11.6 Å². The summed E-state index contributed by atoms with van der Waals surface area (Å²) in [7, 11) is 0. The highest BCUT2D eigenvalue weighted by Gasteiger charge is 2.26. The molecule has 0 radical (unpaired) electrons. The topological polar surface area (TPSA) is 163 Å². The summed E-state index contributed by atoms with van der Waals surface area (Å²) in [4.78, 5) is 25.5. The highest BCUT2D eigenvalue weighted by Crippen LogP contribution is 2.24. The first-order chi connectivity index (χ1) is 18.5. The molecule has 0 aliphatic heterocycles. The molecule has 0 saturated heterocycles. The Balaban J connectivity index is 1.35. The van der Waals surface area contributed by atoms with Crippen LogP contribution in [0.4, 0.5) is 5.82 Å². The number of hydrogen-bond donors (Lipinski definition) is 2. The number of nitrogens with two attached hydrogens (primary N) is 1. The van der Waals surface area contributed by atoms with Gasteiger partial charge in [-0.05, 0) is 59.2 Å². The Bertz CT molecular complexity index is 1610. The Morgan fingerprint density at radius 2 is 1.61 bits per heavy atom. The van der Waals surface area contributed by atoms with E-state index < -0.39 is 11.9 Å². The summed E-state index contributed by atoms with van der Waals surface area (Å²) < 4.78 is 11.2. The van der Waals surface area contributed by atoms with Gasteiger partial charge >= 0.3 is 5.97 Å². The molecule has 0 unspecified atom stereocenters. The molecule has 0 saturated carbocycles. The van der Waals surface area contributed by atoms with Crippen LogP contribution in [0.3, 0.4) is 0 Å². The summed E-state index contributed by atoms with van der Waals surface area (Å²) in [6, 6.07) is 24.5. The van der Waals surface area contributed by atoms with Gasteiger partial charge in [-0.3, -0.25) is 4.79 Å². The molecule has 3 aromatic carbocycles. The SMILES string of the molecule is CC(=NNC(=O)c1c(-c2ccccc2)nnn1-c1nonc1N)c1ccc(OC(=O)c2ccccc2)cc1. The fraction of sp³-hybridized carbons (Fsp3) is 0.0385. The molecule has 0 spiro atoms. The number of anilines is 1. The van der Waals surface area contributed by atoms with Gasteiger partial charge in [0.25, 0.3) is 5.91 Å². The lowest BCUT2D eigenvalue weighted by Gasteiger charge is -2.07. The number of nitrogens with one attached hydrogen (secondary N) is 1. The Morgan fingerprint density at radius 1 is 0.921 bits per heavy atom. The Morgan fingerprint density at radius 3 is 2.26 bits per heavy atom. The smallest absolute Gasteiger partial charge is 0.343 e. The number of aromatic nitrogens is 5. The quantitative estimate of drug-likeness (QED) is 0.145. The van der Waals surface area contributed by atoms with Crippen LogP contribution in [0.15, 0.2) is 94.7 Å². The molecule has 12 heteroatoms. The van der Waals surface area contributed by atoms with E-state index in [2.05, 4.69) is 35.8 Å². The monoisotopic (exact) mass is 508 g/mol. The minimum Gasteiger partial charge on any atom is -0.423 e. The Kier molecular flexibility index (Phi) is 6.67. The van der Waals surface area contributed by atoms with Gasteiger partial charge in [-0.1, -0.05) is 53.7 Å². The second-order valence-electron chi connectivity index (χ2n) is 7.96. The molecule has 0 fully saturated rings. The molecule has 12 nitrogen and oxygen atoms in total. The zero-order valence-electron chi connectivity index (χ0n) is 20.0. The summed E-state index contributed by atoms with van der Waals surface area (Å²) in [5.74, 6) is -0.731. The van der Waals surface area contributed by atoms with E-state index in [1.807, 2.05) is 24.3 Å². The molecule has 2 heterocycles. The van der Waals surface area contributed by atoms with Crippen molar-refractivity contribution >= 4 is 23.4 Å². The van der Waals surface area contributed by atoms with Crippen LogP contribution in [-0.2, 0) is 0 Å². The van der Waals surface area contributed by atoms with E-state index in [0.29, 0.717) is 33.8 Å². The molecule has 5 aromatic rings. The van der Waals surface area contributed by atoms with Crippen LogP contribution in [0.1, 0.15) is 33.3 Å². The number of nitrogen functional groups attached to an aromatic ring is 1. The van der Waals surface area contributed by atoms with Crippen LogP contribution in [0.2, 0.25) is 0 Å². The first-order valence-electron chi connectivity index (χ1n) is 11.3. The van der Waals surface area contributed by atoms with Crippen molar-refractivity contribution in [3.63, 3.8) is 0 Å². The number of benzene rings is 3.